The second kappa shape index (κ2) is 8.35. The molecular formula is C23H26F3N5O3. The topological polar surface area (TPSA) is 111 Å². The number of halogens is 3. The van der Waals surface area contributed by atoms with Crippen molar-refractivity contribution in [3.8, 4) is 0 Å². The van der Waals surface area contributed by atoms with Gasteiger partial charge in [-0.15, -0.1) is 0 Å². The van der Waals surface area contributed by atoms with Gasteiger partial charge in [-0.2, -0.15) is 18.3 Å². The number of hydrogen-bond acceptors (Lipinski definition) is 5. The van der Waals surface area contributed by atoms with Gasteiger partial charge in [0.1, 0.15) is 6.54 Å². The Morgan fingerprint density at radius 2 is 1.94 bits per heavy atom. The molecule has 0 bridgehead atoms. The molecule has 2 saturated carbocycles. The van der Waals surface area contributed by atoms with Crippen molar-refractivity contribution < 1.29 is 27.6 Å². The molecule has 8 nitrogen and oxygen atoms in total. The number of hydrogen-bond donors (Lipinski definition) is 1. The van der Waals surface area contributed by atoms with Crippen LogP contribution in [0.1, 0.15) is 55.4 Å². The number of likely N-dealkylation sites (tertiary alicyclic amines) is 1. The molecule has 1 saturated heterocycles. The van der Waals surface area contributed by atoms with Crippen LogP contribution in [-0.2, 0) is 16.1 Å². The Morgan fingerprint density at radius 1 is 1.15 bits per heavy atom. The molecule has 5 rings (SSSR count). The molecule has 5 atom stereocenters. The summed E-state index contributed by atoms with van der Waals surface area (Å²) < 4.78 is 40.9. The summed E-state index contributed by atoms with van der Waals surface area (Å²) in [6.45, 7) is -0.179. The minimum absolute atomic E-state index is 0.0220. The number of rotatable bonds is 6. The summed E-state index contributed by atoms with van der Waals surface area (Å²) in [5.41, 5.74) is 5.94. The number of alkyl halides is 3. The van der Waals surface area contributed by atoms with Crippen molar-refractivity contribution in [3.05, 3.63) is 24.2 Å². The van der Waals surface area contributed by atoms with Crippen LogP contribution in [0.2, 0.25) is 0 Å². The van der Waals surface area contributed by atoms with E-state index in [1.807, 2.05) is 0 Å². The SMILES string of the molecule is NC(=O)c1nn(CC(=O)N2[C@@H]3C[C@@H]3C[C@H]2C(=O)C[C@@H]2CCC[C@H](C(F)(F)F)C2)c2cnccc12. The van der Waals surface area contributed by atoms with E-state index in [1.165, 1.54) is 17.1 Å². The second-order valence-electron chi connectivity index (χ2n) is 9.82. The first-order valence-corrected chi connectivity index (χ1v) is 11.6. The molecule has 0 radical (unpaired) electrons. The van der Waals surface area contributed by atoms with E-state index < -0.39 is 24.0 Å². The number of ketones is 1. The van der Waals surface area contributed by atoms with Gasteiger partial charge in [-0.25, -0.2) is 0 Å². The number of amides is 2. The molecule has 34 heavy (non-hydrogen) atoms. The zero-order valence-electron chi connectivity index (χ0n) is 18.5. The summed E-state index contributed by atoms with van der Waals surface area (Å²) in [5, 5.41) is 4.69. The lowest BCUT2D eigenvalue weighted by Crippen LogP contribution is -2.45. The molecule has 2 aromatic heterocycles. The maximum atomic E-state index is 13.3. The van der Waals surface area contributed by atoms with E-state index in [2.05, 4.69) is 10.1 Å². The lowest BCUT2D eigenvalue weighted by Gasteiger charge is -2.32. The highest BCUT2D eigenvalue weighted by Crippen LogP contribution is 2.49. The molecule has 3 heterocycles. The Bertz CT molecular complexity index is 1150. The molecule has 11 heteroatoms. The van der Waals surface area contributed by atoms with E-state index >= 15 is 0 Å². The fourth-order valence-corrected chi connectivity index (χ4v) is 5.83. The van der Waals surface area contributed by atoms with E-state index in [0.29, 0.717) is 30.2 Å². The van der Waals surface area contributed by atoms with Gasteiger partial charge in [-0.05, 0) is 50.0 Å². The predicted molar refractivity (Wildman–Crippen MR) is 114 cm³/mol. The number of carbonyl (C=O) groups is 3. The van der Waals surface area contributed by atoms with E-state index in [0.717, 1.165) is 6.42 Å². The molecule has 0 spiro atoms. The maximum absolute atomic E-state index is 13.3. The Morgan fingerprint density at radius 3 is 2.68 bits per heavy atom. The van der Waals surface area contributed by atoms with E-state index in [-0.39, 0.29) is 61.1 Å². The smallest absolute Gasteiger partial charge is 0.364 e. The number of carbonyl (C=O) groups excluding carboxylic acids is 3. The first kappa shape index (κ1) is 22.8. The standard InChI is InChI=1S/C23H26F3N5O3/c24-23(25,26)14-3-1-2-12(6-14)7-19(32)17-9-13-8-16(13)31(17)20(33)11-30-18-10-28-5-4-15(18)21(29-30)22(27)34/h4-5,10,12-14,16-17H,1-3,6-9,11H2,(H2,27,34)/t12-,13-,14+,16-,17+/m1/s1. The number of nitrogens with zero attached hydrogens (tertiary/aromatic N) is 4. The summed E-state index contributed by atoms with van der Waals surface area (Å²) in [6, 6.07) is 0.963. The summed E-state index contributed by atoms with van der Waals surface area (Å²) in [5.74, 6) is -2.58. The maximum Gasteiger partial charge on any atom is 0.391 e. The van der Waals surface area contributed by atoms with Crippen molar-refractivity contribution in [1.82, 2.24) is 19.7 Å². The summed E-state index contributed by atoms with van der Waals surface area (Å²) in [7, 11) is 0. The van der Waals surface area contributed by atoms with Gasteiger partial charge < -0.3 is 10.6 Å². The van der Waals surface area contributed by atoms with Crippen LogP contribution in [0.5, 0.6) is 0 Å². The van der Waals surface area contributed by atoms with Crippen LogP contribution in [0.25, 0.3) is 10.9 Å². The van der Waals surface area contributed by atoms with Gasteiger partial charge in [-0.3, -0.25) is 24.0 Å². The van der Waals surface area contributed by atoms with Gasteiger partial charge in [0.05, 0.1) is 23.7 Å². The highest BCUT2D eigenvalue weighted by molar-refractivity contribution is 6.04. The second-order valence-corrected chi connectivity index (χ2v) is 9.82. The minimum Gasteiger partial charge on any atom is -0.364 e. The first-order valence-electron chi connectivity index (χ1n) is 11.6. The van der Waals surface area contributed by atoms with E-state index in [1.54, 1.807) is 11.0 Å². The Hall–Kier alpha value is -2.98. The Kier molecular flexibility index (Phi) is 5.60. The van der Waals surface area contributed by atoms with Crippen LogP contribution < -0.4 is 5.73 Å². The van der Waals surface area contributed by atoms with Crippen molar-refractivity contribution in [3.63, 3.8) is 0 Å². The average molecular weight is 477 g/mol. The lowest BCUT2D eigenvalue weighted by atomic mass is 9.78. The largest absolute Gasteiger partial charge is 0.391 e. The monoisotopic (exact) mass is 477 g/mol. The zero-order valence-corrected chi connectivity index (χ0v) is 18.5. The third-order valence-corrected chi connectivity index (χ3v) is 7.57. The molecule has 2 aromatic rings. The first-order chi connectivity index (χ1) is 16.1. The van der Waals surface area contributed by atoms with Gasteiger partial charge >= 0.3 is 6.18 Å². The summed E-state index contributed by atoms with van der Waals surface area (Å²) >= 11 is 0. The van der Waals surface area contributed by atoms with Crippen LogP contribution in [0, 0.1) is 17.8 Å². The lowest BCUT2D eigenvalue weighted by molar-refractivity contribution is -0.186. The number of fused-ring (bicyclic) bond motifs is 2. The fourth-order valence-electron chi connectivity index (χ4n) is 5.83. The van der Waals surface area contributed by atoms with Crippen molar-refractivity contribution in [2.75, 3.05) is 0 Å². The highest BCUT2D eigenvalue weighted by atomic mass is 19.4. The molecule has 3 fully saturated rings. The molecule has 2 aliphatic carbocycles. The molecule has 2 N–H and O–H groups in total. The summed E-state index contributed by atoms with van der Waals surface area (Å²) in [6.07, 6.45) is 1.37. The quantitative estimate of drug-likeness (QED) is 0.688. The van der Waals surface area contributed by atoms with Gasteiger partial charge in [0, 0.05) is 24.0 Å². The van der Waals surface area contributed by atoms with Crippen molar-refractivity contribution in [1.29, 1.82) is 0 Å². The third-order valence-electron chi connectivity index (χ3n) is 7.57. The normalized spacial score (nSPS) is 28.7. The molecular weight excluding hydrogens is 451 g/mol. The number of piperidine rings is 1. The number of pyridine rings is 1. The summed E-state index contributed by atoms with van der Waals surface area (Å²) in [4.78, 5) is 43.8. The molecule has 0 aromatic carbocycles. The zero-order chi connectivity index (χ0) is 24.2. The predicted octanol–water partition coefficient (Wildman–Crippen LogP) is 2.85. The molecule has 2 amide bonds. The van der Waals surface area contributed by atoms with Crippen LogP contribution in [-0.4, -0.2) is 55.5 Å². The van der Waals surface area contributed by atoms with Crippen molar-refractivity contribution in [2.24, 2.45) is 23.5 Å². The van der Waals surface area contributed by atoms with Gasteiger partial charge in [0.25, 0.3) is 5.91 Å². The van der Waals surface area contributed by atoms with Crippen LogP contribution in [0.3, 0.4) is 0 Å². The molecule has 3 aliphatic rings. The van der Waals surface area contributed by atoms with Crippen LogP contribution in [0.15, 0.2) is 18.5 Å². The van der Waals surface area contributed by atoms with Crippen LogP contribution in [0.4, 0.5) is 13.2 Å². The fraction of sp³-hybridized carbons (Fsp3) is 0.609. The molecule has 1 aliphatic heterocycles. The highest BCUT2D eigenvalue weighted by Gasteiger charge is 2.56. The third kappa shape index (κ3) is 4.16. The van der Waals surface area contributed by atoms with Gasteiger partial charge in [0.15, 0.2) is 11.5 Å². The van der Waals surface area contributed by atoms with Gasteiger partial charge in [0.2, 0.25) is 5.91 Å². The average Bonchev–Trinajstić information content (AvgIpc) is 3.29. The minimum atomic E-state index is -4.23. The van der Waals surface area contributed by atoms with Crippen LogP contribution >= 0.6 is 0 Å². The Balaban J connectivity index is 1.30. The van der Waals surface area contributed by atoms with E-state index in [4.69, 9.17) is 5.73 Å². The number of Topliss-reactive ketones (excluding diaryl/α,β-unsaturated/α-hetero) is 1. The molecule has 0 unspecified atom stereocenters. The molecule has 182 valence electrons. The van der Waals surface area contributed by atoms with Gasteiger partial charge in [-0.1, -0.05) is 6.42 Å². The van der Waals surface area contributed by atoms with Crippen molar-refractivity contribution >= 4 is 28.5 Å². The van der Waals surface area contributed by atoms with E-state index in [9.17, 15) is 27.6 Å². The Labute approximate surface area is 193 Å². The number of nitrogens with two attached hydrogens (primary N) is 1. The van der Waals surface area contributed by atoms with Crippen molar-refractivity contribution in [2.45, 2.75) is 69.8 Å². The number of primary amides is 1. The number of aromatic nitrogens is 3.